The third-order valence-electron chi connectivity index (χ3n) is 3.87. The molecule has 0 atom stereocenters. The van der Waals surface area contributed by atoms with Crippen LogP contribution in [0.3, 0.4) is 0 Å². The molecule has 0 unspecified atom stereocenters. The van der Waals surface area contributed by atoms with Crippen LogP contribution in [-0.4, -0.2) is 37.5 Å². The van der Waals surface area contributed by atoms with E-state index in [2.05, 4.69) is 19.1 Å². The van der Waals surface area contributed by atoms with Gasteiger partial charge in [0.1, 0.15) is 6.61 Å². The summed E-state index contributed by atoms with van der Waals surface area (Å²) in [5, 5.41) is 8.53. The number of allylic oxidation sites excluding steroid dienone is 2. The van der Waals surface area contributed by atoms with Crippen molar-refractivity contribution in [2.24, 2.45) is 0 Å². The predicted octanol–water partition coefficient (Wildman–Crippen LogP) is 4.80. The Morgan fingerprint density at radius 2 is 1.46 bits per heavy atom. The summed E-state index contributed by atoms with van der Waals surface area (Å²) < 4.78 is 10.1. The van der Waals surface area contributed by atoms with E-state index in [0.717, 1.165) is 12.8 Å². The van der Waals surface area contributed by atoms with Gasteiger partial charge in [0, 0.05) is 6.42 Å². The second-order valence-electron chi connectivity index (χ2n) is 6.18. The lowest BCUT2D eigenvalue weighted by Crippen LogP contribution is -2.11. The summed E-state index contributed by atoms with van der Waals surface area (Å²) in [4.78, 5) is 11.4. The van der Waals surface area contributed by atoms with Crippen LogP contribution in [0.2, 0.25) is 0 Å². The van der Waals surface area contributed by atoms with Crippen LogP contribution in [0.1, 0.15) is 84.0 Å². The van der Waals surface area contributed by atoms with E-state index < -0.39 is 0 Å². The quantitative estimate of drug-likeness (QED) is 0.221. The van der Waals surface area contributed by atoms with Crippen molar-refractivity contribution in [1.29, 1.82) is 0 Å². The number of ether oxygens (including phenoxy) is 2. The van der Waals surface area contributed by atoms with Crippen LogP contribution in [0.5, 0.6) is 0 Å². The Morgan fingerprint density at radius 1 is 0.833 bits per heavy atom. The zero-order valence-corrected chi connectivity index (χ0v) is 15.6. The molecule has 0 aromatic heterocycles. The van der Waals surface area contributed by atoms with Crippen LogP contribution < -0.4 is 0 Å². The zero-order valence-electron chi connectivity index (χ0n) is 15.6. The van der Waals surface area contributed by atoms with Gasteiger partial charge in [-0.25, -0.2) is 0 Å². The first-order valence-corrected chi connectivity index (χ1v) is 9.80. The Bertz CT molecular complexity index is 289. The normalized spacial score (nSPS) is 11.2. The van der Waals surface area contributed by atoms with Crippen LogP contribution in [0.4, 0.5) is 0 Å². The third-order valence-corrected chi connectivity index (χ3v) is 3.87. The Balaban J connectivity index is 3.18. The minimum absolute atomic E-state index is 0.00267. The number of hydrogen-bond acceptors (Lipinski definition) is 4. The molecule has 0 spiro atoms. The molecule has 0 saturated heterocycles. The first-order chi connectivity index (χ1) is 11.8. The number of unbranched alkanes of at least 4 members (excludes halogenated alkanes) is 9. The van der Waals surface area contributed by atoms with E-state index >= 15 is 0 Å². The number of rotatable bonds is 18. The van der Waals surface area contributed by atoms with Crippen LogP contribution >= 0.6 is 0 Å². The molecule has 0 fully saturated rings. The average molecular weight is 343 g/mol. The molecule has 0 aliphatic carbocycles. The molecule has 4 nitrogen and oxygen atoms in total. The summed E-state index contributed by atoms with van der Waals surface area (Å²) in [5.41, 5.74) is 0. The van der Waals surface area contributed by atoms with E-state index in [4.69, 9.17) is 14.6 Å². The van der Waals surface area contributed by atoms with E-state index in [-0.39, 0.29) is 19.2 Å². The Labute approximate surface area is 148 Å². The highest BCUT2D eigenvalue weighted by Crippen LogP contribution is 2.09. The van der Waals surface area contributed by atoms with E-state index in [0.29, 0.717) is 19.6 Å². The molecule has 0 aliphatic heterocycles. The van der Waals surface area contributed by atoms with Crippen molar-refractivity contribution in [3.05, 3.63) is 12.2 Å². The van der Waals surface area contributed by atoms with Crippen molar-refractivity contribution in [1.82, 2.24) is 0 Å². The Kier molecular flexibility index (Phi) is 19.4. The Morgan fingerprint density at radius 3 is 2.12 bits per heavy atom. The first kappa shape index (κ1) is 23.1. The van der Waals surface area contributed by atoms with E-state index in [9.17, 15) is 4.79 Å². The fourth-order valence-electron chi connectivity index (χ4n) is 2.44. The van der Waals surface area contributed by atoms with Gasteiger partial charge < -0.3 is 14.6 Å². The maximum atomic E-state index is 11.4. The topological polar surface area (TPSA) is 55.8 Å². The van der Waals surface area contributed by atoms with E-state index in [1.54, 1.807) is 0 Å². The first-order valence-electron chi connectivity index (χ1n) is 9.80. The van der Waals surface area contributed by atoms with Crippen LogP contribution in [0.15, 0.2) is 12.2 Å². The predicted molar refractivity (Wildman–Crippen MR) is 99.1 cm³/mol. The number of esters is 1. The minimum Gasteiger partial charge on any atom is -0.463 e. The highest BCUT2D eigenvalue weighted by atomic mass is 16.6. The SMILES string of the molecule is CCCCCC/C=C\CCCCCCCC(=O)OCCOCCO. The fourth-order valence-corrected chi connectivity index (χ4v) is 2.44. The van der Waals surface area contributed by atoms with Crippen molar-refractivity contribution in [2.45, 2.75) is 84.0 Å². The largest absolute Gasteiger partial charge is 0.463 e. The van der Waals surface area contributed by atoms with Gasteiger partial charge in [0.15, 0.2) is 0 Å². The fraction of sp³-hybridized carbons (Fsp3) is 0.850. The van der Waals surface area contributed by atoms with Gasteiger partial charge >= 0.3 is 5.97 Å². The highest BCUT2D eigenvalue weighted by Gasteiger charge is 2.02. The molecular formula is C20H38O4. The lowest BCUT2D eigenvalue weighted by molar-refractivity contribution is -0.145. The van der Waals surface area contributed by atoms with E-state index in [1.807, 2.05) is 0 Å². The summed E-state index contributed by atoms with van der Waals surface area (Å²) in [5.74, 6) is -0.145. The molecule has 0 rings (SSSR count). The van der Waals surface area contributed by atoms with Crippen molar-refractivity contribution >= 4 is 5.97 Å². The maximum Gasteiger partial charge on any atom is 0.305 e. The summed E-state index contributed by atoms with van der Waals surface area (Å²) in [6.07, 6.45) is 18.6. The molecule has 0 heterocycles. The van der Waals surface area contributed by atoms with Gasteiger partial charge in [0.2, 0.25) is 0 Å². The molecule has 0 saturated carbocycles. The van der Waals surface area contributed by atoms with Crippen LogP contribution in [0, 0.1) is 0 Å². The van der Waals surface area contributed by atoms with Gasteiger partial charge in [-0.3, -0.25) is 4.79 Å². The monoisotopic (exact) mass is 342 g/mol. The zero-order chi connectivity index (χ0) is 17.7. The third kappa shape index (κ3) is 19.2. The summed E-state index contributed by atoms with van der Waals surface area (Å²) in [7, 11) is 0. The number of hydrogen-bond donors (Lipinski definition) is 1. The van der Waals surface area contributed by atoms with Gasteiger partial charge in [-0.15, -0.1) is 0 Å². The summed E-state index contributed by atoms with van der Waals surface area (Å²) in [6, 6.07) is 0. The molecule has 24 heavy (non-hydrogen) atoms. The average Bonchev–Trinajstić information content (AvgIpc) is 2.59. The molecule has 4 heteroatoms. The lowest BCUT2D eigenvalue weighted by atomic mass is 10.1. The van der Waals surface area contributed by atoms with Crippen molar-refractivity contribution in [3.8, 4) is 0 Å². The smallest absolute Gasteiger partial charge is 0.305 e. The molecular weight excluding hydrogens is 304 g/mol. The molecule has 0 amide bonds. The maximum absolute atomic E-state index is 11.4. The molecule has 0 aromatic carbocycles. The van der Waals surface area contributed by atoms with Gasteiger partial charge in [-0.1, -0.05) is 57.6 Å². The molecule has 1 N–H and O–H groups in total. The molecule has 0 radical (unpaired) electrons. The standard InChI is InChI=1S/C20H38O4/c1-2-3-4-5-6-7-8-9-10-11-12-13-14-15-20(22)24-19-18-23-17-16-21/h7-8,21H,2-6,9-19H2,1H3/b8-7-. The minimum atomic E-state index is -0.145. The summed E-state index contributed by atoms with van der Waals surface area (Å²) >= 11 is 0. The second-order valence-corrected chi connectivity index (χ2v) is 6.18. The van der Waals surface area contributed by atoms with Gasteiger partial charge in [0.05, 0.1) is 19.8 Å². The number of carbonyl (C=O) groups excluding carboxylic acids is 1. The number of aliphatic hydroxyl groups excluding tert-OH is 1. The molecule has 142 valence electrons. The van der Waals surface area contributed by atoms with Crippen LogP contribution in [-0.2, 0) is 14.3 Å². The number of carbonyl (C=O) groups is 1. The van der Waals surface area contributed by atoms with Crippen molar-refractivity contribution in [2.75, 3.05) is 26.4 Å². The van der Waals surface area contributed by atoms with E-state index in [1.165, 1.54) is 57.8 Å². The van der Waals surface area contributed by atoms with Gasteiger partial charge in [-0.2, -0.15) is 0 Å². The van der Waals surface area contributed by atoms with Crippen LogP contribution in [0.25, 0.3) is 0 Å². The molecule has 0 bridgehead atoms. The lowest BCUT2D eigenvalue weighted by Gasteiger charge is -2.05. The van der Waals surface area contributed by atoms with Crippen molar-refractivity contribution in [3.63, 3.8) is 0 Å². The molecule has 0 aliphatic rings. The van der Waals surface area contributed by atoms with Crippen molar-refractivity contribution < 1.29 is 19.4 Å². The van der Waals surface area contributed by atoms with Gasteiger partial charge in [-0.05, 0) is 32.1 Å². The number of aliphatic hydroxyl groups is 1. The summed E-state index contributed by atoms with van der Waals surface area (Å²) in [6.45, 7) is 3.19. The van der Waals surface area contributed by atoms with Gasteiger partial charge in [0.25, 0.3) is 0 Å². The molecule has 0 aromatic rings. The Hall–Kier alpha value is -0.870. The second kappa shape index (κ2) is 20.2. The highest BCUT2D eigenvalue weighted by molar-refractivity contribution is 5.69.